The van der Waals surface area contributed by atoms with Crippen molar-refractivity contribution in [1.82, 2.24) is 0 Å². The summed E-state index contributed by atoms with van der Waals surface area (Å²) < 4.78 is 5.24. The monoisotopic (exact) mass is 361 g/mol. The van der Waals surface area contributed by atoms with Gasteiger partial charge in [-0.2, -0.15) is 0 Å². The third-order valence-corrected chi connectivity index (χ3v) is 4.04. The molecule has 0 unspecified atom stereocenters. The maximum absolute atomic E-state index is 12.4. The molecule has 0 saturated carbocycles. The number of aliphatic hydroxyl groups excluding tert-OH is 2. The van der Waals surface area contributed by atoms with Gasteiger partial charge in [-0.25, -0.2) is 4.79 Å². The van der Waals surface area contributed by atoms with E-state index in [9.17, 15) is 24.9 Å². The summed E-state index contributed by atoms with van der Waals surface area (Å²) in [5, 5.41) is 32.9. The summed E-state index contributed by atoms with van der Waals surface area (Å²) in [5.41, 5.74) is 0.999. The van der Waals surface area contributed by atoms with Gasteiger partial charge in [0.25, 0.3) is 0 Å². The van der Waals surface area contributed by atoms with Crippen LogP contribution in [0.4, 0.5) is 5.69 Å². The van der Waals surface area contributed by atoms with Crippen LogP contribution in [0, 0.1) is 5.92 Å². The van der Waals surface area contributed by atoms with Gasteiger partial charge in [-0.1, -0.05) is 25.2 Å². The third-order valence-electron chi connectivity index (χ3n) is 4.04. The van der Waals surface area contributed by atoms with Crippen molar-refractivity contribution in [3.63, 3.8) is 0 Å². The van der Waals surface area contributed by atoms with Crippen molar-refractivity contribution in [3.05, 3.63) is 41.5 Å². The summed E-state index contributed by atoms with van der Waals surface area (Å²) in [4.78, 5) is 24.3. The van der Waals surface area contributed by atoms with Crippen LogP contribution in [0.5, 0.6) is 5.75 Å². The molecule has 1 aromatic carbocycles. The number of aromatic hydroxyl groups is 1. The first-order valence-electron chi connectivity index (χ1n) is 8.30. The average molecular weight is 361 g/mol. The van der Waals surface area contributed by atoms with Crippen molar-refractivity contribution in [1.29, 1.82) is 0 Å². The number of carbonyl (C=O) groups is 2. The number of hydrogen-bond acceptors (Lipinski definition) is 7. The van der Waals surface area contributed by atoms with E-state index in [4.69, 9.17) is 4.74 Å². The Morgan fingerprint density at radius 3 is 2.62 bits per heavy atom. The normalized spacial score (nSPS) is 27.0. The first-order chi connectivity index (χ1) is 12.3. The molecule has 3 atom stereocenters. The van der Waals surface area contributed by atoms with E-state index in [1.807, 2.05) is 0 Å². The van der Waals surface area contributed by atoms with Gasteiger partial charge in [0.05, 0.1) is 12.7 Å². The number of ketones is 1. The Hall–Kier alpha value is -2.64. The highest BCUT2D eigenvalue weighted by Crippen LogP contribution is 2.29. The molecule has 1 aliphatic rings. The van der Waals surface area contributed by atoms with Crippen LogP contribution in [-0.2, 0) is 9.53 Å². The lowest BCUT2D eigenvalue weighted by atomic mass is 10.0. The molecular weight excluding hydrogens is 338 g/mol. The number of phenolic OH excluding ortho intramolecular Hbond substituents is 1. The number of carbonyl (C=O) groups excluding carboxylic acids is 2. The summed E-state index contributed by atoms with van der Waals surface area (Å²) in [6.07, 6.45) is 2.90. The van der Waals surface area contributed by atoms with Crippen LogP contribution in [0.15, 0.2) is 30.4 Å². The Morgan fingerprint density at radius 1 is 1.19 bits per heavy atom. The molecule has 1 heterocycles. The lowest BCUT2D eigenvalue weighted by molar-refractivity contribution is -0.127. The number of phenols is 1. The number of hydrogen-bond donors (Lipinski definition) is 4. The SMILES string of the molecule is CNc1cc(O)c2c(c1)/C=C/C[C@H](O)[C@@H](O)C(=O)/C=C/[C@@H](C)COC2=O. The van der Waals surface area contributed by atoms with Gasteiger partial charge in [0.1, 0.15) is 17.4 Å². The van der Waals surface area contributed by atoms with Crippen LogP contribution in [0.2, 0.25) is 0 Å². The Balaban J connectivity index is 2.44. The van der Waals surface area contributed by atoms with Gasteiger partial charge in [-0.3, -0.25) is 4.79 Å². The highest BCUT2D eigenvalue weighted by atomic mass is 16.5. The fourth-order valence-corrected chi connectivity index (χ4v) is 2.49. The van der Waals surface area contributed by atoms with Crippen LogP contribution in [0.1, 0.15) is 29.3 Å². The second kappa shape index (κ2) is 8.64. The minimum Gasteiger partial charge on any atom is -0.507 e. The smallest absolute Gasteiger partial charge is 0.342 e. The number of cyclic esters (lactones) is 1. The number of nitrogens with one attached hydrogen (secondary N) is 1. The Labute approximate surface area is 151 Å². The highest BCUT2D eigenvalue weighted by Gasteiger charge is 2.23. The molecule has 0 bridgehead atoms. The van der Waals surface area contributed by atoms with Gasteiger partial charge in [0, 0.05) is 24.7 Å². The van der Waals surface area contributed by atoms with Gasteiger partial charge in [0.15, 0.2) is 5.78 Å². The summed E-state index contributed by atoms with van der Waals surface area (Å²) in [6, 6.07) is 3.06. The fourth-order valence-electron chi connectivity index (χ4n) is 2.49. The van der Waals surface area contributed by atoms with Crippen LogP contribution in [-0.4, -0.2) is 52.9 Å². The van der Waals surface area contributed by atoms with Gasteiger partial charge in [-0.05, 0) is 24.1 Å². The van der Waals surface area contributed by atoms with Crippen molar-refractivity contribution in [2.45, 2.75) is 25.6 Å². The summed E-state index contributed by atoms with van der Waals surface area (Å²) in [6.45, 7) is 1.73. The molecule has 1 aliphatic heterocycles. The van der Waals surface area contributed by atoms with E-state index in [0.29, 0.717) is 11.3 Å². The summed E-state index contributed by atoms with van der Waals surface area (Å²) >= 11 is 0. The molecule has 0 aromatic heterocycles. The fraction of sp³-hybridized carbons (Fsp3) is 0.368. The molecule has 0 amide bonds. The molecule has 140 valence electrons. The standard InChI is InChI=1S/C19H23NO6/c1-11-6-7-15(22)18(24)14(21)5-3-4-12-8-13(20-2)9-16(23)17(12)19(25)26-10-11/h3-4,6-9,11,14,18,20-21,23-24H,5,10H2,1-2H3/b4-3+,7-6+/t11-,14+,18-/m1/s1. The lowest BCUT2D eigenvalue weighted by Gasteiger charge is -2.16. The third kappa shape index (κ3) is 4.71. The quantitative estimate of drug-likeness (QED) is 0.560. The van der Waals surface area contributed by atoms with E-state index in [1.54, 1.807) is 20.0 Å². The number of rotatable bonds is 1. The summed E-state index contributed by atoms with van der Waals surface area (Å²) in [7, 11) is 1.67. The van der Waals surface area contributed by atoms with Crippen molar-refractivity contribution >= 4 is 23.5 Å². The van der Waals surface area contributed by atoms with Crippen LogP contribution in [0.25, 0.3) is 6.08 Å². The van der Waals surface area contributed by atoms with Crippen molar-refractivity contribution < 1.29 is 29.6 Å². The second-order valence-electron chi connectivity index (χ2n) is 6.20. The van der Waals surface area contributed by atoms with E-state index in [2.05, 4.69) is 5.32 Å². The number of benzene rings is 1. The number of anilines is 1. The van der Waals surface area contributed by atoms with Gasteiger partial charge in [-0.15, -0.1) is 0 Å². The van der Waals surface area contributed by atoms with Crippen molar-refractivity contribution in [2.75, 3.05) is 19.0 Å². The maximum atomic E-state index is 12.4. The number of fused-ring (bicyclic) bond motifs is 1. The van der Waals surface area contributed by atoms with E-state index < -0.39 is 24.0 Å². The zero-order valence-electron chi connectivity index (χ0n) is 14.7. The van der Waals surface area contributed by atoms with Crippen molar-refractivity contribution in [2.24, 2.45) is 5.92 Å². The molecule has 0 radical (unpaired) electrons. The molecule has 0 saturated heterocycles. The molecule has 4 N–H and O–H groups in total. The topological polar surface area (TPSA) is 116 Å². The first kappa shape index (κ1) is 19.7. The molecule has 2 rings (SSSR count). The molecule has 0 aliphatic carbocycles. The van der Waals surface area contributed by atoms with Gasteiger partial charge >= 0.3 is 5.97 Å². The molecule has 0 fully saturated rings. The Kier molecular flexibility index (Phi) is 6.54. The number of ether oxygens (including phenoxy) is 1. The van der Waals surface area contributed by atoms with E-state index in [0.717, 1.165) is 0 Å². The summed E-state index contributed by atoms with van der Waals surface area (Å²) in [5.74, 6) is -1.81. The Bertz CT molecular complexity index is 740. The predicted octanol–water partition coefficient (Wildman–Crippen LogP) is 1.49. The molecule has 0 spiro atoms. The molecule has 26 heavy (non-hydrogen) atoms. The van der Waals surface area contributed by atoms with E-state index in [1.165, 1.54) is 30.4 Å². The predicted molar refractivity (Wildman–Crippen MR) is 96.9 cm³/mol. The minimum atomic E-state index is -1.54. The molecule has 7 heteroatoms. The van der Waals surface area contributed by atoms with E-state index >= 15 is 0 Å². The maximum Gasteiger partial charge on any atom is 0.342 e. The number of esters is 1. The van der Waals surface area contributed by atoms with Crippen LogP contribution < -0.4 is 5.32 Å². The van der Waals surface area contributed by atoms with Gasteiger partial charge < -0.3 is 25.4 Å². The first-order valence-corrected chi connectivity index (χ1v) is 8.30. The number of aliphatic hydroxyl groups is 2. The van der Waals surface area contributed by atoms with Gasteiger partial charge in [0.2, 0.25) is 0 Å². The second-order valence-corrected chi connectivity index (χ2v) is 6.20. The van der Waals surface area contributed by atoms with Crippen molar-refractivity contribution in [3.8, 4) is 5.75 Å². The Morgan fingerprint density at radius 2 is 1.92 bits per heavy atom. The molecular formula is C19H23NO6. The minimum absolute atomic E-state index is 0.00235. The van der Waals surface area contributed by atoms with E-state index in [-0.39, 0.29) is 30.3 Å². The zero-order chi connectivity index (χ0) is 19.3. The van der Waals surface area contributed by atoms with Crippen LogP contribution in [0.3, 0.4) is 0 Å². The average Bonchev–Trinajstić information content (AvgIpc) is 2.62. The highest BCUT2D eigenvalue weighted by molar-refractivity contribution is 5.97. The van der Waals surface area contributed by atoms with Crippen LogP contribution >= 0.6 is 0 Å². The molecule has 7 nitrogen and oxygen atoms in total. The lowest BCUT2D eigenvalue weighted by Crippen LogP contribution is -2.32. The largest absolute Gasteiger partial charge is 0.507 e. The zero-order valence-corrected chi connectivity index (χ0v) is 14.7. The molecule has 1 aromatic rings.